The molecule has 1 aliphatic rings. The number of imidazole rings is 1. The number of hydrogen-bond donors (Lipinski definition) is 2. The van der Waals surface area contributed by atoms with Crippen LogP contribution in [0.5, 0.6) is 5.75 Å². The molecule has 3 heterocycles. The first-order valence-corrected chi connectivity index (χ1v) is 12.7. The molecular formula is C27H28ClN7O2. The Hall–Kier alpha value is -3.98. The van der Waals surface area contributed by atoms with E-state index in [0.717, 1.165) is 66.1 Å². The maximum absolute atomic E-state index is 13.0. The highest BCUT2D eigenvalue weighted by molar-refractivity contribution is 6.30. The number of ether oxygens (including phenoxy) is 1. The van der Waals surface area contributed by atoms with Crippen LogP contribution < -0.4 is 10.1 Å². The zero-order valence-corrected chi connectivity index (χ0v) is 21.3. The first-order valence-electron chi connectivity index (χ1n) is 12.4. The molecule has 37 heavy (non-hydrogen) atoms. The molecule has 1 amide bonds. The molecule has 0 aliphatic carbocycles. The van der Waals surface area contributed by atoms with E-state index in [1.807, 2.05) is 6.07 Å². The Morgan fingerprint density at radius 2 is 2.08 bits per heavy atom. The van der Waals surface area contributed by atoms with Gasteiger partial charge in [0.15, 0.2) is 0 Å². The molecule has 2 aromatic heterocycles. The highest BCUT2D eigenvalue weighted by Crippen LogP contribution is 2.32. The van der Waals surface area contributed by atoms with Gasteiger partial charge in [0, 0.05) is 22.2 Å². The topological polar surface area (TPSA) is 111 Å². The summed E-state index contributed by atoms with van der Waals surface area (Å²) >= 11 is 6.20. The smallest absolute Gasteiger partial charge is 0.244 e. The zero-order chi connectivity index (χ0) is 25.6. The average Bonchev–Trinajstić information content (AvgIpc) is 3.59. The molecule has 0 saturated heterocycles. The van der Waals surface area contributed by atoms with Crippen molar-refractivity contribution in [1.82, 2.24) is 35.5 Å². The summed E-state index contributed by atoms with van der Waals surface area (Å²) in [5.74, 6) is 1.34. The predicted molar refractivity (Wildman–Crippen MR) is 141 cm³/mol. The van der Waals surface area contributed by atoms with Crippen molar-refractivity contribution >= 4 is 23.6 Å². The number of nitrogens with one attached hydrogen (secondary N) is 2. The molecule has 0 radical (unpaired) electrons. The maximum Gasteiger partial charge on any atom is 0.244 e. The summed E-state index contributed by atoms with van der Waals surface area (Å²) in [5, 5.41) is 15.0. The first-order chi connectivity index (χ1) is 18.1. The molecule has 1 unspecified atom stereocenters. The van der Waals surface area contributed by atoms with Crippen molar-refractivity contribution in [3.05, 3.63) is 77.0 Å². The number of fused-ring (bicyclic) bond motifs is 4. The molecule has 10 heteroatoms. The Balaban J connectivity index is 1.37. The van der Waals surface area contributed by atoms with Crippen molar-refractivity contribution in [3.63, 3.8) is 0 Å². The van der Waals surface area contributed by atoms with Crippen LogP contribution in [0.3, 0.4) is 0 Å². The number of benzene rings is 2. The minimum Gasteiger partial charge on any atom is -0.493 e. The first kappa shape index (κ1) is 24.7. The highest BCUT2D eigenvalue weighted by atomic mass is 35.5. The second kappa shape index (κ2) is 11.4. The lowest BCUT2D eigenvalue weighted by Crippen LogP contribution is -2.27. The summed E-state index contributed by atoms with van der Waals surface area (Å²) in [4.78, 5) is 21.1. The Labute approximate surface area is 219 Å². The number of halogens is 1. The van der Waals surface area contributed by atoms with Gasteiger partial charge in [-0.3, -0.25) is 4.79 Å². The van der Waals surface area contributed by atoms with Gasteiger partial charge in [-0.15, -0.1) is 5.10 Å². The number of hydrogen-bond acceptors (Lipinski definition) is 6. The summed E-state index contributed by atoms with van der Waals surface area (Å²) in [6, 6.07) is 11.2. The van der Waals surface area contributed by atoms with Crippen LogP contribution in [0, 0.1) is 6.92 Å². The number of carbonyl (C=O) groups excluding carboxylic acids is 1. The molecule has 0 saturated carbocycles. The molecule has 9 nitrogen and oxygen atoms in total. The van der Waals surface area contributed by atoms with Gasteiger partial charge in [0.05, 0.1) is 30.2 Å². The van der Waals surface area contributed by atoms with Crippen LogP contribution in [0.15, 0.2) is 55.0 Å². The quantitative estimate of drug-likeness (QED) is 0.359. The number of tetrazole rings is 1. The number of aryl methyl sites for hydroxylation is 1. The van der Waals surface area contributed by atoms with Crippen LogP contribution >= 0.6 is 11.6 Å². The number of rotatable bonds is 4. The van der Waals surface area contributed by atoms with Crippen molar-refractivity contribution in [2.75, 3.05) is 6.61 Å². The van der Waals surface area contributed by atoms with Gasteiger partial charge in [0.1, 0.15) is 17.9 Å². The van der Waals surface area contributed by atoms with E-state index in [4.69, 9.17) is 16.3 Å². The van der Waals surface area contributed by atoms with E-state index >= 15 is 0 Å². The number of aromatic nitrogens is 6. The van der Waals surface area contributed by atoms with E-state index < -0.39 is 0 Å². The monoisotopic (exact) mass is 517 g/mol. The van der Waals surface area contributed by atoms with Gasteiger partial charge in [-0.25, -0.2) is 4.98 Å². The van der Waals surface area contributed by atoms with Crippen molar-refractivity contribution in [3.8, 4) is 22.7 Å². The van der Waals surface area contributed by atoms with E-state index in [1.54, 1.807) is 30.5 Å². The largest absolute Gasteiger partial charge is 0.493 e. The summed E-state index contributed by atoms with van der Waals surface area (Å²) < 4.78 is 7.63. The molecule has 190 valence electrons. The van der Waals surface area contributed by atoms with Crippen LogP contribution in [0.25, 0.3) is 23.0 Å². The maximum atomic E-state index is 13.0. The van der Waals surface area contributed by atoms with Gasteiger partial charge in [-0.05, 0) is 72.2 Å². The lowest BCUT2D eigenvalue weighted by atomic mass is 10.1. The SMILES string of the molecule is Cc1ccc2c(c1)OCCCCCCC(NC(=O)C=Cc1cc(Cl)ccc1-n1cnnn1)c1ncc-2[nH]1. The summed E-state index contributed by atoms with van der Waals surface area (Å²) in [5.41, 5.74) is 4.40. The van der Waals surface area contributed by atoms with Gasteiger partial charge < -0.3 is 15.0 Å². The number of amides is 1. The van der Waals surface area contributed by atoms with Crippen molar-refractivity contribution in [1.29, 1.82) is 0 Å². The third-order valence-electron chi connectivity index (χ3n) is 6.31. The normalized spacial score (nSPS) is 16.2. The zero-order valence-electron chi connectivity index (χ0n) is 20.5. The lowest BCUT2D eigenvalue weighted by Gasteiger charge is -2.16. The lowest BCUT2D eigenvalue weighted by molar-refractivity contribution is -0.117. The van der Waals surface area contributed by atoms with Gasteiger partial charge in [0.2, 0.25) is 5.91 Å². The molecule has 4 aromatic rings. The summed E-state index contributed by atoms with van der Waals surface area (Å²) in [6.07, 6.45) is 11.4. The molecule has 2 N–H and O–H groups in total. The van der Waals surface area contributed by atoms with Gasteiger partial charge in [0.25, 0.3) is 0 Å². The molecule has 1 atom stereocenters. The number of nitrogens with zero attached hydrogens (tertiary/aromatic N) is 5. The van der Waals surface area contributed by atoms with Crippen LogP contribution in [0.4, 0.5) is 0 Å². The van der Waals surface area contributed by atoms with Crippen molar-refractivity contribution in [2.24, 2.45) is 0 Å². The number of H-pyrrole nitrogens is 1. The van der Waals surface area contributed by atoms with E-state index in [-0.39, 0.29) is 11.9 Å². The van der Waals surface area contributed by atoms with Crippen molar-refractivity contribution < 1.29 is 9.53 Å². The Bertz CT molecular complexity index is 1400. The second-order valence-electron chi connectivity index (χ2n) is 9.09. The Kier molecular flexibility index (Phi) is 7.60. The van der Waals surface area contributed by atoms with Crippen LogP contribution in [-0.4, -0.2) is 42.7 Å². The van der Waals surface area contributed by atoms with Crippen LogP contribution in [0.1, 0.15) is 55.1 Å². The molecular weight excluding hydrogens is 490 g/mol. The molecule has 0 spiro atoms. The molecule has 5 rings (SSSR count). The Morgan fingerprint density at radius 1 is 1.19 bits per heavy atom. The van der Waals surface area contributed by atoms with Gasteiger partial charge in [-0.2, -0.15) is 4.68 Å². The second-order valence-corrected chi connectivity index (χ2v) is 9.52. The minimum atomic E-state index is -0.250. The fraction of sp³-hybridized carbons (Fsp3) is 0.296. The number of carbonyl (C=O) groups is 1. The van der Waals surface area contributed by atoms with E-state index in [1.165, 1.54) is 17.1 Å². The third-order valence-corrected chi connectivity index (χ3v) is 6.55. The standard InChI is InChI=1S/C27H28ClN7O2/c1-18-7-10-21-23-16-29-27(32-23)22(6-4-2-3-5-13-37-25(21)14-18)31-26(36)12-8-19-15-20(28)9-11-24(19)35-17-30-33-34-35/h7-12,14-17,22H,2-6,13H2,1H3,(H,29,32)(H,31,36). The fourth-order valence-electron chi connectivity index (χ4n) is 4.41. The summed E-state index contributed by atoms with van der Waals surface area (Å²) in [6.45, 7) is 2.73. The fourth-order valence-corrected chi connectivity index (χ4v) is 4.59. The average molecular weight is 518 g/mol. The Morgan fingerprint density at radius 3 is 2.95 bits per heavy atom. The number of aromatic amines is 1. The van der Waals surface area contributed by atoms with Gasteiger partial charge >= 0.3 is 0 Å². The molecule has 1 aliphatic heterocycles. The van der Waals surface area contributed by atoms with E-state index in [0.29, 0.717) is 17.3 Å². The highest BCUT2D eigenvalue weighted by Gasteiger charge is 2.19. The summed E-state index contributed by atoms with van der Waals surface area (Å²) in [7, 11) is 0. The molecule has 0 fully saturated rings. The molecule has 2 aromatic carbocycles. The third kappa shape index (κ3) is 6.06. The van der Waals surface area contributed by atoms with Crippen LogP contribution in [-0.2, 0) is 4.79 Å². The van der Waals surface area contributed by atoms with Crippen molar-refractivity contribution in [2.45, 2.75) is 45.1 Å². The van der Waals surface area contributed by atoms with Gasteiger partial charge in [-0.1, -0.05) is 36.9 Å². The molecule has 2 bridgehead atoms. The van der Waals surface area contributed by atoms with E-state index in [2.05, 4.69) is 49.9 Å². The predicted octanol–water partition coefficient (Wildman–Crippen LogP) is 5.23. The van der Waals surface area contributed by atoms with Crippen LogP contribution in [0.2, 0.25) is 5.02 Å². The minimum absolute atomic E-state index is 0.228. The van der Waals surface area contributed by atoms with E-state index in [9.17, 15) is 4.79 Å².